The lowest BCUT2D eigenvalue weighted by Gasteiger charge is -2.23. The van der Waals surface area contributed by atoms with E-state index >= 15 is 0 Å². The number of carbonyl (C=O) groups is 1. The summed E-state index contributed by atoms with van der Waals surface area (Å²) in [7, 11) is -3.43. The summed E-state index contributed by atoms with van der Waals surface area (Å²) in [5.74, 6) is 0.0955. The lowest BCUT2D eigenvalue weighted by Crippen LogP contribution is -2.30. The predicted molar refractivity (Wildman–Crippen MR) is 74.0 cm³/mol. The van der Waals surface area contributed by atoms with E-state index < -0.39 is 14.6 Å². The Labute approximate surface area is 111 Å². The highest BCUT2D eigenvalue weighted by atomic mass is 32.2. The molecule has 0 unspecified atom stereocenters. The average Bonchev–Trinajstić information content (AvgIpc) is 2.28. The zero-order valence-electron chi connectivity index (χ0n) is 11.7. The van der Waals surface area contributed by atoms with Crippen molar-refractivity contribution in [2.75, 3.05) is 0 Å². The molecule has 0 aromatic rings. The fourth-order valence-corrected chi connectivity index (χ4v) is 3.49. The van der Waals surface area contributed by atoms with Crippen LogP contribution in [0.3, 0.4) is 0 Å². The van der Waals surface area contributed by atoms with Gasteiger partial charge in [-0.15, -0.1) is 0 Å². The van der Waals surface area contributed by atoms with E-state index in [1.54, 1.807) is 20.8 Å². The minimum Gasteiger partial charge on any atom is -0.299 e. The Morgan fingerprint density at radius 1 is 1.17 bits per heavy atom. The molecule has 1 aliphatic carbocycles. The standard InChI is InChI=1S/C14H24O3S/c1-11(18(16,17)14(2,3)4)10-13(15)12-8-6-5-7-9-12/h12H,1,5-10H2,2-4H3. The number of hydrogen-bond donors (Lipinski definition) is 0. The maximum Gasteiger partial charge on any atom is 0.179 e. The number of allylic oxidation sites excluding steroid dienone is 1. The molecule has 1 fully saturated rings. The van der Waals surface area contributed by atoms with Crippen LogP contribution in [-0.4, -0.2) is 18.9 Å². The van der Waals surface area contributed by atoms with Crippen molar-refractivity contribution in [3.05, 3.63) is 11.5 Å². The Balaban J connectivity index is 2.68. The van der Waals surface area contributed by atoms with Crippen LogP contribution in [0.15, 0.2) is 11.5 Å². The Bertz CT molecular complexity index is 420. The number of ketones is 1. The first kappa shape index (κ1) is 15.4. The molecule has 1 aliphatic rings. The van der Waals surface area contributed by atoms with Crippen molar-refractivity contribution < 1.29 is 13.2 Å². The molecule has 0 atom stereocenters. The van der Waals surface area contributed by atoms with Gasteiger partial charge < -0.3 is 0 Å². The summed E-state index contributed by atoms with van der Waals surface area (Å²) in [6, 6.07) is 0. The number of sulfone groups is 1. The van der Waals surface area contributed by atoms with Crippen LogP contribution in [0.5, 0.6) is 0 Å². The highest BCUT2D eigenvalue weighted by Gasteiger charge is 2.33. The van der Waals surface area contributed by atoms with E-state index in [1.807, 2.05) is 0 Å². The maximum absolute atomic E-state index is 12.1. The molecule has 0 saturated heterocycles. The van der Waals surface area contributed by atoms with Gasteiger partial charge in [-0.2, -0.15) is 0 Å². The first-order valence-corrected chi connectivity index (χ1v) is 8.09. The molecule has 1 rings (SSSR count). The van der Waals surface area contributed by atoms with Crippen molar-refractivity contribution in [1.29, 1.82) is 0 Å². The minimum atomic E-state index is -3.43. The largest absolute Gasteiger partial charge is 0.299 e. The van der Waals surface area contributed by atoms with E-state index in [0.717, 1.165) is 25.7 Å². The van der Waals surface area contributed by atoms with E-state index in [1.165, 1.54) is 6.42 Å². The van der Waals surface area contributed by atoms with Crippen LogP contribution in [0.4, 0.5) is 0 Å². The Morgan fingerprint density at radius 3 is 2.11 bits per heavy atom. The summed E-state index contributed by atoms with van der Waals surface area (Å²) >= 11 is 0. The molecule has 0 heterocycles. The van der Waals surface area contributed by atoms with Gasteiger partial charge in [0.05, 0.1) is 4.75 Å². The summed E-state index contributed by atoms with van der Waals surface area (Å²) in [5.41, 5.74) is 0. The van der Waals surface area contributed by atoms with Crippen molar-refractivity contribution in [3.63, 3.8) is 0 Å². The van der Waals surface area contributed by atoms with Crippen LogP contribution in [0.1, 0.15) is 59.3 Å². The Hall–Kier alpha value is -0.640. The number of rotatable bonds is 4. The number of carbonyl (C=O) groups excluding carboxylic acids is 1. The third kappa shape index (κ3) is 3.44. The van der Waals surface area contributed by atoms with Crippen molar-refractivity contribution in [2.45, 2.75) is 64.0 Å². The molecule has 0 aromatic heterocycles. The first-order valence-electron chi connectivity index (χ1n) is 6.61. The summed E-state index contributed by atoms with van der Waals surface area (Å²) in [6.07, 6.45) is 5.14. The van der Waals surface area contributed by atoms with E-state index in [0.29, 0.717) is 0 Å². The van der Waals surface area contributed by atoms with Gasteiger partial charge in [-0.1, -0.05) is 25.8 Å². The minimum absolute atomic E-state index is 0.00965. The zero-order valence-corrected chi connectivity index (χ0v) is 12.5. The fourth-order valence-electron chi connectivity index (χ4n) is 2.29. The molecule has 4 heteroatoms. The van der Waals surface area contributed by atoms with E-state index in [9.17, 15) is 13.2 Å². The van der Waals surface area contributed by atoms with Gasteiger partial charge in [-0.05, 0) is 33.6 Å². The number of hydrogen-bond acceptors (Lipinski definition) is 3. The first-order chi connectivity index (χ1) is 8.16. The van der Waals surface area contributed by atoms with E-state index in [4.69, 9.17) is 0 Å². The molecule has 0 bridgehead atoms. The average molecular weight is 272 g/mol. The second-order valence-corrected chi connectivity index (χ2v) is 8.94. The Kier molecular flexibility index (Phi) is 4.76. The molecule has 0 aromatic carbocycles. The molecule has 3 nitrogen and oxygen atoms in total. The van der Waals surface area contributed by atoms with Crippen LogP contribution in [0.2, 0.25) is 0 Å². The topological polar surface area (TPSA) is 51.2 Å². The van der Waals surface area contributed by atoms with Crippen molar-refractivity contribution in [2.24, 2.45) is 5.92 Å². The molecule has 0 spiro atoms. The molecular weight excluding hydrogens is 248 g/mol. The van der Waals surface area contributed by atoms with Crippen LogP contribution in [-0.2, 0) is 14.6 Å². The summed E-state index contributed by atoms with van der Waals surface area (Å²) in [6.45, 7) is 8.53. The second kappa shape index (κ2) is 5.55. The lowest BCUT2D eigenvalue weighted by atomic mass is 9.85. The monoisotopic (exact) mass is 272 g/mol. The van der Waals surface area contributed by atoms with Crippen LogP contribution in [0, 0.1) is 5.92 Å². The SMILES string of the molecule is C=C(CC(=O)C1CCCCC1)S(=O)(=O)C(C)(C)C. The van der Waals surface area contributed by atoms with Crippen molar-refractivity contribution >= 4 is 15.6 Å². The van der Waals surface area contributed by atoms with Gasteiger partial charge in [0.25, 0.3) is 0 Å². The van der Waals surface area contributed by atoms with Gasteiger partial charge in [0, 0.05) is 17.2 Å². The molecule has 18 heavy (non-hydrogen) atoms. The second-order valence-electron chi connectivity index (χ2n) is 6.13. The van der Waals surface area contributed by atoms with Gasteiger partial charge in [0.2, 0.25) is 0 Å². The molecule has 0 aliphatic heterocycles. The smallest absolute Gasteiger partial charge is 0.179 e. The van der Waals surface area contributed by atoms with E-state index in [-0.39, 0.29) is 23.0 Å². The van der Waals surface area contributed by atoms with Gasteiger partial charge in [0.15, 0.2) is 9.84 Å². The van der Waals surface area contributed by atoms with E-state index in [2.05, 4.69) is 6.58 Å². The van der Waals surface area contributed by atoms with Gasteiger partial charge >= 0.3 is 0 Å². The third-order valence-electron chi connectivity index (χ3n) is 3.62. The van der Waals surface area contributed by atoms with Crippen molar-refractivity contribution in [1.82, 2.24) is 0 Å². The van der Waals surface area contributed by atoms with Gasteiger partial charge in [-0.3, -0.25) is 4.79 Å². The molecule has 0 N–H and O–H groups in total. The predicted octanol–water partition coefficient (Wildman–Crippen LogP) is 3.25. The highest BCUT2D eigenvalue weighted by molar-refractivity contribution is 7.96. The van der Waals surface area contributed by atoms with Crippen molar-refractivity contribution in [3.8, 4) is 0 Å². The molecule has 0 amide bonds. The molecule has 1 saturated carbocycles. The highest BCUT2D eigenvalue weighted by Crippen LogP contribution is 2.29. The number of Topliss-reactive ketones (excluding diaryl/α,β-unsaturated/α-hetero) is 1. The zero-order chi connectivity index (χ0) is 14.0. The normalized spacial score (nSPS) is 18.6. The van der Waals surface area contributed by atoms with Gasteiger partial charge in [-0.25, -0.2) is 8.42 Å². The van der Waals surface area contributed by atoms with Crippen LogP contribution < -0.4 is 0 Å². The summed E-state index contributed by atoms with van der Waals surface area (Å²) < 4.78 is 23.4. The van der Waals surface area contributed by atoms with Crippen LogP contribution in [0.25, 0.3) is 0 Å². The van der Waals surface area contributed by atoms with Gasteiger partial charge in [0.1, 0.15) is 5.78 Å². The summed E-state index contributed by atoms with van der Waals surface area (Å²) in [5, 5.41) is 0. The fraction of sp³-hybridized carbons (Fsp3) is 0.786. The third-order valence-corrected chi connectivity index (χ3v) is 6.13. The molecular formula is C14H24O3S. The Morgan fingerprint density at radius 2 is 1.67 bits per heavy atom. The quantitative estimate of drug-likeness (QED) is 0.789. The van der Waals surface area contributed by atoms with Crippen LogP contribution >= 0.6 is 0 Å². The molecule has 0 radical (unpaired) electrons. The summed E-state index contributed by atoms with van der Waals surface area (Å²) in [4.78, 5) is 12.1. The maximum atomic E-state index is 12.1. The molecule has 104 valence electrons. The lowest BCUT2D eigenvalue weighted by molar-refractivity contribution is -0.123.